The van der Waals surface area contributed by atoms with E-state index in [1.54, 1.807) is 14.2 Å². The Morgan fingerprint density at radius 3 is 2.35 bits per heavy atom. The van der Waals surface area contributed by atoms with Crippen LogP contribution in [0.25, 0.3) is 10.8 Å². The first-order valence-corrected chi connectivity index (χ1v) is 8.72. The molecule has 0 amide bonds. The molecule has 0 radical (unpaired) electrons. The van der Waals surface area contributed by atoms with E-state index in [9.17, 15) is 0 Å². The molecule has 0 aliphatic heterocycles. The lowest BCUT2D eigenvalue weighted by atomic mass is 10.1. The minimum absolute atomic E-state index is 0.660. The van der Waals surface area contributed by atoms with Gasteiger partial charge in [0.15, 0.2) is 0 Å². The van der Waals surface area contributed by atoms with Crippen LogP contribution < -0.4 is 5.19 Å². The van der Waals surface area contributed by atoms with Gasteiger partial charge < -0.3 is 13.3 Å². The highest BCUT2D eigenvalue weighted by Gasteiger charge is 2.42. The average molecular weight is 290 g/mol. The first-order chi connectivity index (χ1) is 9.77. The van der Waals surface area contributed by atoms with Crippen molar-refractivity contribution < 1.29 is 13.3 Å². The van der Waals surface area contributed by atoms with Crippen LogP contribution >= 0.6 is 0 Å². The zero-order chi connectivity index (χ0) is 14.4. The fraction of sp³-hybridized carbons (Fsp3) is 0.375. The second kappa shape index (κ2) is 6.99. The highest BCUT2D eigenvalue weighted by Crippen LogP contribution is 2.18. The lowest BCUT2D eigenvalue weighted by Crippen LogP contribution is -2.55. The van der Waals surface area contributed by atoms with E-state index in [2.05, 4.69) is 25.1 Å². The molecule has 0 aliphatic rings. The molecule has 3 nitrogen and oxygen atoms in total. The van der Waals surface area contributed by atoms with Crippen LogP contribution in [-0.2, 0) is 13.3 Å². The number of rotatable bonds is 7. The smallest absolute Gasteiger partial charge is 0.373 e. The van der Waals surface area contributed by atoms with E-state index in [0.29, 0.717) is 6.61 Å². The lowest BCUT2D eigenvalue weighted by Gasteiger charge is -2.27. The van der Waals surface area contributed by atoms with E-state index in [0.717, 1.165) is 23.4 Å². The van der Waals surface area contributed by atoms with Crippen molar-refractivity contribution in [3.63, 3.8) is 0 Å². The molecule has 2 aromatic rings. The monoisotopic (exact) mass is 290 g/mol. The van der Waals surface area contributed by atoms with Crippen LogP contribution in [0.15, 0.2) is 42.5 Å². The summed E-state index contributed by atoms with van der Waals surface area (Å²) >= 11 is 0. The Morgan fingerprint density at radius 1 is 0.950 bits per heavy atom. The summed E-state index contributed by atoms with van der Waals surface area (Å²) in [4.78, 5) is 0. The quantitative estimate of drug-likeness (QED) is 0.579. The van der Waals surface area contributed by atoms with Crippen molar-refractivity contribution in [1.82, 2.24) is 0 Å². The summed E-state index contributed by atoms with van der Waals surface area (Å²) in [5, 5.41) is 3.36. The van der Waals surface area contributed by atoms with Gasteiger partial charge in [-0.05, 0) is 17.2 Å². The Bertz CT molecular complexity index is 547. The van der Waals surface area contributed by atoms with Gasteiger partial charge in [0.25, 0.3) is 0 Å². The largest absolute Gasteiger partial charge is 0.537 e. The van der Waals surface area contributed by atoms with E-state index in [1.807, 2.05) is 24.3 Å². The molecule has 108 valence electrons. The Balaban J connectivity index is 2.45. The van der Waals surface area contributed by atoms with Gasteiger partial charge in [0.05, 0.1) is 0 Å². The molecule has 0 bridgehead atoms. The summed E-state index contributed by atoms with van der Waals surface area (Å²) in [5.74, 6) is 0. The molecule has 0 aliphatic carbocycles. The number of benzene rings is 2. The molecule has 0 unspecified atom stereocenters. The third-order valence-corrected chi connectivity index (χ3v) is 6.20. The highest BCUT2D eigenvalue weighted by atomic mass is 28.4. The van der Waals surface area contributed by atoms with Gasteiger partial charge in [-0.1, -0.05) is 55.8 Å². The normalized spacial score (nSPS) is 11.9. The van der Waals surface area contributed by atoms with E-state index in [-0.39, 0.29) is 0 Å². The predicted molar refractivity (Wildman–Crippen MR) is 84.2 cm³/mol. The van der Waals surface area contributed by atoms with Crippen LogP contribution in [0.4, 0.5) is 0 Å². The zero-order valence-corrected chi connectivity index (χ0v) is 13.4. The van der Waals surface area contributed by atoms with Crippen LogP contribution in [0.5, 0.6) is 0 Å². The van der Waals surface area contributed by atoms with Gasteiger partial charge in [-0.3, -0.25) is 0 Å². The maximum Gasteiger partial charge on any atom is 0.537 e. The van der Waals surface area contributed by atoms with E-state index < -0.39 is 8.80 Å². The molecule has 0 saturated carbocycles. The second-order valence-electron chi connectivity index (χ2n) is 4.69. The van der Waals surface area contributed by atoms with Crippen molar-refractivity contribution in [1.29, 1.82) is 0 Å². The Morgan fingerprint density at radius 2 is 1.65 bits per heavy atom. The van der Waals surface area contributed by atoms with Gasteiger partial charge in [0.1, 0.15) is 0 Å². The summed E-state index contributed by atoms with van der Waals surface area (Å²) in [5.41, 5.74) is 0. The fourth-order valence-electron chi connectivity index (χ4n) is 2.34. The van der Waals surface area contributed by atoms with E-state index in [4.69, 9.17) is 13.3 Å². The van der Waals surface area contributed by atoms with Crippen LogP contribution in [0, 0.1) is 0 Å². The minimum Gasteiger partial charge on any atom is -0.373 e. The number of hydrogen-bond acceptors (Lipinski definition) is 3. The van der Waals surface area contributed by atoms with Crippen LogP contribution in [0.3, 0.4) is 0 Å². The molecular weight excluding hydrogens is 268 g/mol. The SMILES string of the molecule is CCCCO[Si](OC)(OC)c1cccc2ccccc12. The second-order valence-corrected chi connectivity index (χ2v) is 7.45. The Labute approximate surface area is 121 Å². The number of fused-ring (bicyclic) bond motifs is 1. The molecule has 0 saturated heterocycles. The highest BCUT2D eigenvalue weighted by molar-refractivity contribution is 6.77. The molecule has 0 atom stereocenters. The third kappa shape index (κ3) is 2.93. The topological polar surface area (TPSA) is 27.7 Å². The van der Waals surface area contributed by atoms with Crippen molar-refractivity contribution in [3.05, 3.63) is 42.5 Å². The third-order valence-electron chi connectivity index (χ3n) is 3.45. The molecule has 2 aromatic carbocycles. The van der Waals surface area contributed by atoms with Crippen molar-refractivity contribution in [2.75, 3.05) is 20.8 Å². The minimum atomic E-state index is -2.82. The van der Waals surface area contributed by atoms with Gasteiger partial charge in [0.2, 0.25) is 0 Å². The van der Waals surface area contributed by atoms with Gasteiger partial charge in [-0.15, -0.1) is 0 Å². The molecule has 0 fully saturated rings. The average Bonchev–Trinajstić information content (AvgIpc) is 2.52. The van der Waals surface area contributed by atoms with Crippen LogP contribution in [0.2, 0.25) is 0 Å². The van der Waals surface area contributed by atoms with E-state index >= 15 is 0 Å². The summed E-state index contributed by atoms with van der Waals surface area (Å²) in [7, 11) is 0.519. The summed E-state index contributed by atoms with van der Waals surface area (Å²) in [6.07, 6.45) is 2.10. The van der Waals surface area contributed by atoms with Gasteiger partial charge in [-0.25, -0.2) is 0 Å². The molecule has 0 N–H and O–H groups in total. The maximum absolute atomic E-state index is 6.06. The standard InChI is InChI=1S/C16H22O3Si/c1-4-5-13-19-20(17-2,18-3)16-12-8-10-14-9-6-7-11-15(14)16/h6-12H,4-5,13H2,1-3H3. The lowest BCUT2D eigenvalue weighted by molar-refractivity contribution is 0.112. The first kappa shape index (κ1) is 15.2. The van der Waals surface area contributed by atoms with Gasteiger partial charge in [0, 0.05) is 26.0 Å². The van der Waals surface area contributed by atoms with Gasteiger partial charge in [-0.2, -0.15) is 0 Å². The van der Waals surface area contributed by atoms with Crippen molar-refractivity contribution in [2.24, 2.45) is 0 Å². The van der Waals surface area contributed by atoms with Crippen molar-refractivity contribution in [2.45, 2.75) is 19.8 Å². The fourth-order valence-corrected chi connectivity index (χ4v) is 4.61. The molecule has 0 aromatic heterocycles. The first-order valence-electron chi connectivity index (χ1n) is 7.00. The molecule has 2 rings (SSSR count). The summed E-state index contributed by atoms with van der Waals surface area (Å²) in [6, 6.07) is 14.4. The zero-order valence-electron chi connectivity index (χ0n) is 12.4. The van der Waals surface area contributed by atoms with Crippen LogP contribution in [-0.4, -0.2) is 29.6 Å². The molecule has 0 spiro atoms. The van der Waals surface area contributed by atoms with Crippen molar-refractivity contribution >= 4 is 24.8 Å². The molecule has 4 heteroatoms. The van der Waals surface area contributed by atoms with Crippen LogP contribution in [0.1, 0.15) is 19.8 Å². The van der Waals surface area contributed by atoms with Gasteiger partial charge >= 0.3 is 8.80 Å². The molecule has 20 heavy (non-hydrogen) atoms. The number of unbranched alkanes of at least 4 members (excludes halogenated alkanes) is 1. The predicted octanol–water partition coefficient (Wildman–Crippen LogP) is 3.10. The van der Waals surface area contributed by atoms with E-state index in [1.165, 1.54) is 5.39 Å². The maximum atomic E-state index is 6.06. The summed E-state index contributed by atoms with van der Waals surface area (Å²) < 4.78 is 17.5. The molecular formula is C16H22O3Si. The Kier molecular flexibility index (Phi) is 5.31. The molecule has 0 heterocycles. The number of hydrogen-bond donors (Lipinski definition) is 0. The summed E-state index contributed by atoms with van der Waals surface area (Å²) in [6.45, 7) is 2.80. The van der Waals surface area contributed by atoms with Crippen molar-refractivity contribution in [3.8, 4) is 0 Å². The Hall–Kier alpha value is -1.20.